The number of fused-ring (bicyclic) bond motifs is 3. The summed E-state index contributed by atoms with van der Waals surface area (Å²) in [6, 6.07) is 50.0. The highest BCUT2D eigenvalue weighted by Crippen LogP contribution is 2.49. The molecule has 0 N–H and O–H groups in total. The maximum atomic E-state index is 2.42. The van der Waals surface area contributed by atoms with Crippen LogP contribution in [0.15, 0.2) is 133 Å². The number of nitrogens with zero attached hydrogens (tertiary/aromatic N) is 2. The molecule has 0 fully saturated rings. The van der Waals surface area contributed by atoms with Crippen LogP contribution in [0.25, 0.3) is 11.1 Å². The van der Waals surface area contributed by atoms with Crippen LogP contribution in [0.5, 0.6) is 0 Å². The van der Waals surface area contributed by atoms with E-state index in [1.807, 2.05) is 0 Å². The zero-order valence-electron chi connectivity index (χ0n) is 41.1. The topological polar surface area (TPSA) is 6.48 Å². The third kappa shape index (κ3) is 9.15. The first-order valence-corrected chi connectivity index (χ1v) is 22.8. The second kappa shape index (κ2) is 17.0. The van der Waals surface area contributed by atoms with Crippen LogP contribution in [0.2, 0.25) is 0 Å². The van der Waals surface area contributed by atoms with E-state index < -0.39 is 0 Å². The van der Waals surface area contributed by atoms with Gasteiger partial charge in [-0.3, -0.25) is 0 Å². The van der Waals surface area contributed by atoms with Crippen LogP contribution in [0, 0.1) is 55.4 Å². The molecule has 2 heteroatoms. The lowest BCUT2D eigenvalue weighted by Crippen LogP contribution is -2.17. The van der Waals surface area contributed by atoms with E-state index >= 15 is 0 Å². The van der Waals surface area contributed by atoms with Crippen molar-refractivity contribution in [3.63, 3.8) is 0 Å². The third-order valence-electron chi connectivity index (χ3n) is 13.1. The highest BCUT2D eigenvalue weighted by molar-refractivity contribution is 5.85. The highest BCUT2D eigenvalue weighted by Gasteiger charge is 2.35. The first kappa shape index (κ1) is 45.2. The maximum absolute atomic E-state index is 2.42. The Morgan fingerprint density at radius 1 is 0.333 bits per heavy atom. The lowest BCUT2D eigenvalue weighted by molar-refractivity contribution is 0.589. The molecular formula is C61H70N2. The minimum atomic E-state index is 0.0885. The lowest BCUT2D eigenvalue weighted by atomic mass is 9.81. The molecule has 7 aromatic rings. The number of benzene rings is 7. The summed E-state index contributed by atoms with van der Waals surface area (Å²) < 4.78 is 0. The van der Waals surface area contributed by atoms with Gasteiger partial charge < -0.3 is 9.80 Å². The molecule has 0 aliphatic heterocycles. The van der Waals surface area contributed by atoms with Crippen molar-refractivity contribution in [1.82, 2.24) is 0 Å². The Labute approximate surface area is 380 Å². The molecule has 0 amide bonds. The van der Waals surface area contributed by atoms with Gasteiger partial charge in [0.1, 0.15) is 0 Å². The normalized spacial score (nSPS) is 12.9. The quantitative estimate of drug-likeness (QED) is 0.165. The molecule has 324 valence electrons. The second-order valence-electron chi connectivity index (χ2n) is 21.0. The van der Waals surface area contributed by atoms with E-state index in [-0.39, 0.29) is 16.2 Å². The van der Waals surface area contributed by atoms with Gasteiger partial charge in [-0.1, -0.05) is 163 Å². The first-order chi connectivity index (χ1) is 29.5. The van der Waals surface area contributed by atoms with Crippen LogP contribution in [0.3, 0.4) is 0 Å². The summed E-state index contributed by atoms with van der Waals surface area (Å²) in [5.74, 6) is 0. The summed E-state index contributed by atoms with van der Waals surface area (Å²) in [5.41, 5.74) is 26.2. The predicted octanol–water partition coefficient (Wildman–Crippen LogP) is 17.7. The van der Waals surface area contributed by atoms with Gasteiger partial charge in [-0.05, 0) is 170 Å². The number of rotatable bonds is 6. The third-order valence-corrected chi connectivity index (χ3v) is 13.1. The van der Waals surface area contributed by atoms with E-state index in [2.05, 4.69) is 254 Å². The van der Waals surface area contributed by atoms with Crippen molar-refractivity contribution in [2.45, 2.75) is 127 Å². The summed E-state index contributed by atoms with van der Waals surface area (Å²) in [6.45, 7) is 36.0. The minimum Gasteiger partial charge on any atom is -0.310 e. The molecule has 7 aromatic carbocycles. The van der Waals surface area contributed by atoms with Gasteiger partial charge in [-0.2, -0.15) is 0 Å². The molecule has 1 aliphatic rings. The zero-order chi connectivity index (χ0) is 45.8. The largest absolute Gasteiger partial charge is 0.310 e. The van der Waals surface area contributed by atoms with Gasteiger partial charge in [0.2, 0.25) is 0 Å². The number of hydrogen-bond acceptors (Lipinski definition) is 2. The maximum Gasteiger partial charge on any atom is 0.0520 e. The van der Waals surface area contributed by atoms with Crippen molar-refractivity contribution in [3.05, 3.63) is 200 Å². The molecule has 63 heavy (non-hydrogen) atoms. The van der Waals surface area contributed by atoms with Gasteiger partial charge in [0, 0.05) is 28.2 Å². The molecule has 0 heterocycles. The van der Waals surface area contributed by atoms with Gasteiger partial charge in [-0.15, -0.1) is 0 Å². The molecule has 0 saturated carbocycles. The SMILES string of the molecule is Cc1ccc(N(c2ccc(N(c3ccc(C)cc3)c3c(C)cc(C(C)(C)C)cc3C)cc2)c2c(C)cc(C(C)(C)C)cc2C)cc1.Cc1ccc2c(c1)C(C)(C)c1cc(C)ccc1-2. The minimum absolute atomic E-state index is 0.0885. The molecule has 0 bridgehead atoms. The van der Waals surface area contributed by atoms with Gasteiger partial charge in [0.05, 0.1) is 11.4 Å². The van der Waals surface area contributed by atoms with Crippen molar-refractivity contribution in [3.8, 4) is 11.1 Å². The second-order valence-corrected chi connectivity index (χ2v) is 21.0. The molecular weight excluding hydrogens is 761 g/mol. The van der Waals surface area contributed by atoms with E-state index in [1.54, 1.807) is 0 Å². The van der Waals surface area contributed by atoms with Crippen molar-refractivity contribution in [1.29, 1.82) is 0 Å². The summed E-state index contributed by atoms with van der Waals surface area (Å²) in [6.07, 6.45) is 0. The van der Waals surface area contributed by atoms with E-state index in [9.17, 15) is 0 Å². The molecule has 8 rings (SSSR count). The van der Waals surface area contributed by atoms with E-state index in [4.69, 9.17) is 0 Å². The Kier molecular flexibility index (Phi) is 12.2. The standard InChI is InChI=1S/C44H52N2.C17H18/c1-29-13-17-37(18-14-29)45(41-31(3)25-35(26-32(41)4)43(7,8)9)39-21-23-40(24-22-39)46(38-19-15-30(2)16-20-38)42-33(5)27-36(28-34(42)6)44(10,11)12;1-11-5-7-13-14-8-6-12(2)10-16(14)17(3,4)15(13)9-11/h13-28H,1-12H3;5-10H,1-4H3. The van der Waals surface area contributed by atoms with Gasteiger partial charge in [0.25, 0.3) is 0 Å². The van der Waals surface area contributed by atoms with Crippen molar-refractivity contribution < 1.29 is 0 Å². The lowest BCUT2D eigenvalue weighted by Gasteiger charge is -2.32. The smallest absolute Gasteiger partial charge is 0.0520 e. The summed E-state index contributed by atoms with van der Waals surface area (Å²) >= 11 is 0. The molecule has 0 aromatic heterocycles. The van der Waals surface area contributed by atoms with E-state index in [1.165, 1.54) is 89.3 Å². The first-order valence-electron chi connectivity index (χ1n) is 22.8. The molecule has 0 radical (unpaired) electrons. The highest BCUT2D eigenvalue weighted by atomic mass is 15.2. The molecule has 0 atom stereocenters. The van der Waals surface area contributed by atoms with Gasteiger partial charge in [0.15, 0.2) is 0 Å². The van der Waals surface area contributed by atoms with Crippen LogP contribution in [-0.2, 0) is 16.2 Å². The number of hydrogen-bond donors (Lipinski definition) is 0. The van der Waals surface area contributed by atoms with Crippen LogP contribution in [-0.4, -0.2) is 0 Å². The zero-order valence-corrected chi connectivity index (χ0v) is 41.1. The van der Waals surface area contributed by atoms with Crippen LogP contribution in [0.1, 0.15) is 122 Å². The monoisotopic (exact) mass is 831 g/mol. The molecule has 0 unspecified atom stereocenters. The van der Waals surface area contributed by atoms with Crippen molar-refractivity contribution >= 4 is 34.1 Å². The Morgan fingerprint density at radius 2 is 0.587 bits per heavy atom. The van der Waals surface area contributed by atoms with E-state index in [0.717, 1.165) is 22.7 Å². The summed E-state index contributed by atoms with van der Waals surface area (Å²) in [7, 11) is 0. The Balaban J connectivity index is 0.000000289. The number of anilines is 6. The average Bonchev–Trinajstić information content (AvgIpc) is 3.42. The van der Waals surface area contributed by atoms with Crippen LogP contribution >= 0.6 is 0 Å². The fraction of sp³-hybridized carbons (Fsp3) is 0.311. The summed E-state index contributed by atoms with van der Waals surface area (Å²) in [5, 5.41) is 0. The van der Waals surface area contributed by atoms with E-state index in [0.29, 0.717) is 0 Å². The summed E-state index contributed by atoms with van der Waals surface area (Å²) in [4.78, 5) is 4.84. The molecule has 1 aliphatic carbocycles. The number of aryl methyl sites for hydroxylation is 8. The van der Waals surface area contributed by atoms with Gasteiger partial charge in [-0.25, -0.2) is 0 Å². The Morgan fingerprint density at radius 3 is 0.857 bits per heavy atom. The molecule has 0 saturated heterocycles. The molecule has 0 spiro atoms. The van der Waals surface area contributed by atoms with Crippen LogP contribution < -0.4 is 9.80 Å². The predicted molar refractivity (Wildman–Crippen MR) is 275 cm³/mol. The van der Waals surface area contributed by atoms with Crippen molar-refractivity contribution in [2.75, 3.05) is 9.80 Å². The Bertz CT molecular complexity index is 2530. The average molecular weight is 831 g/mol. The van der Waals surface area contributed by atoms with Gasteiger partial charge >= 0.3 is 0 Å². The Hall–Kier alpha value is -5.86. The van der Waals surface area contributed by atoms with Crippen molar-refractivity contribution in [2.24, 2.45) is 0 Å². The molecule has 2 nitrogen and oxygen atoms in total. The fourth-order valence-electron chi connectivity index (χ4n) is 9.40. The van der Waals surface area contributed by atoms with Crippen LogP contribution in [0.4, 0.5) is 34.1 Å². The fourth-order valence-corrected chi connectivity index (χ4v) is 9.40.